The number of pyridine rings is 1. The van der Waals surface area contributed by atoms with E-state index in [1.807, 2.05) is 60.7 Å². The highest BCUT2D eigenvalue weighted by molar-refractivity contribution is 6.02. The summed E-state index contributed by atoms with van der Waals surface area (Å²) >= 11 is 0. The number of hydrogen-bond donors (Lipinski definition) is 1. The van der Waals surface area contributed by atoms with Crippen molar-refractivity contribution in [1.82, 2.24) is 4.98 Å². The number of rotatable bonds is 6. The number of nitrogens with two attached hydrogens (primary N) is 1. The number of ketones is 1. The summed E-state index contributed by atoms with van der Waals surface area (Å²) in [6, 6.07) is 24.1. The molecule has 34 heavy (non-hydrogen) atoms. The van der Waals surface area contributed by atoms with E-state index in [1.54, 1.807) is 30.6 Å². The van der Waals surface area contributed by atoms with Crippen LogP contribution in [-0.2, 0) is 0 Å². The van der Waals surface area contributed by atoms with E-state index in [1.165, 1.54) is 0 Å². The van der Waals surface area contributed by atoms with E-state index in [-0.39, 0.29) is 5.78 Å². The van der Waals surface area contributed by atoms with Gasteiger partial charge in [-0.15, -0.1) is 0 Å². The fraction of sp³-hybridized carbons (Fsp3) is 0.107. The minimum atomic E-state index is -0.496. The molecule has 1 unspecified atom stereocenters. The Hall–Kier alpha value is -4.45. The summed E-state index contributed by atoms with van der Waals surface area (Å²) in [5, 5.41) is 0. The van der Waals surface area contributed by atoms with Gasteiger partial charge in [0.05, 0.1) is 17.7 Å². The van der Waals surface area contributed by atoms with Crippen LogP contribution in [0.15, 0.2) is 91.3 Å². The molecule has 3 aromatic carbocycles. The Morgan fingerprint density at radius 3 is 2.32 bits per heavy atom. The molecule has 6 nitrogen and oxygen atoms in total. The Balaban J connectivity index is 1.64. The molecule has 5 rings (SSSR count). The van der Waals surface area contributed by atoms with Crippen LogP contribution >= 0.6 is 0 Å². The van der Waals surface area contributed by atoms with Crippen LogP contribution in [0.5, 0.6) is 11.5 Å². The smallest absolute Gasteiger partial charge is 0.248 e. The van der Waals surface area contributed by atoms with E-state index in [2.05, 4.69) is 4.98 Å². The number of amides is 1. The average molecular weight is 450 g/mol. The maximum absolute atomic E-state index is 12.6. The Morgan fingerprint density at radius 2 is 1.62 bits per heavy atom. The number of carbonyl (C=O) groups is 2. The van der Waals surface area contributed by atoms with Crippen molar-refractivity contribution in [3.05, 3.63) is 114 Å². The van der Waals surface area contributed by atoms with Gasteiger partial charge < -0.3 is 15.2 Å². The lowest BCUT2D eigenvalue weighted by molar-refractivity contribution is 0.0932. The number of Topliss-reactive ketones (excluding diaryl/α,β-unsaturated/α-hetero) is 1. The molecule has 6 heteroatoms. The summed E-state index contributed by atoms with van der Waals surface area (Å²) in [5.74, 6) is 0.687. The van der Waals surface area contributed by atoms with Gasteiger partial charge in [0.1, 0.15) is 17.6 Å². The zero-order valence-electron chi connectivity index (χ0n) is 18.3. The summed E-state index contributed by atoms with van der Waals surface area (Å²) in [7, 11) is 0. The number of carbonyl (C=O) groups excluding carboxylic acids is 2. The molecule has 0 bridgehead atoms. The molecular weight excluding hydrogens is 428 g/mol. The Kier molecular flexibility index (Phi) is 5.79. The van der Waals surface area contributed by atoms with E-state index < -0.39 is 12.0 Å². The van der Waals surface area contributed by atoms with Crippen LogP contribution in [0.1, 0.15) is 44.4 Å². The SMILES string of the molecule is NC(=O)c1ccc(C(Oc2ccc3c(c2-c2ccccc2)OCCC3=O)c2ccncc2)cc1. The van der Waals surface area contributed by atoms with Crippen LogP contribution in [0.3, 0.4) is 0 Å². The van der Waals surface area contributed by atoms with Gasteiger partial charge in [-0.1, -0.05) is 42.5 Å². The van der Waals surface area contributed by atoms with E-state index in [9.17, 15) is 9.59 Å². The van der Waals surface area contributed by atoms with Crippen molar-refractivity contribution in [2.45, 2.75) is 12.5 Å². The van der Waals surface area contributed by atoms with Gasteiger partial charge in [-0.25, -0.2) is 0 Å². The monoisotopic (exact) mass is 450 g/mol. The van der Waals surface area contributed by atoms with Crippen molar-refractivity contribution in [2.75, 3.05) is 6.61 Å². The Bertz CT molecular complexity index is 1340. The molecule has 1 aliphatic heterocycles. The molecule has 0 saturated heterocycles. The molecular formula is C28H22N2O4. The minimum Gasteiger partial charge on any atom is -0.492 e. The van der Waals surface area contributed by atoms with Gasteiger partial charge in [0.25, 0.3) is 0 Å². The zero-order valence-corrected chi connectivity index (χ0v) is 18.3. The van der Waals surface area contributed by atoms with Crippen LogP contribution in [-0.4, -0.2) is 23.3 Å². The predicted octanol–water partition coefficient (Wildman–Crippen LogP) is 4.98. The number of nitrogens with zero attached hydrogens (tertiary/aromatic N) is 1. The zero-order chi connectivity index (χ0) is 23.5. The number of aromatic nitrogens is 1. The Labute approximate surface area is 197 Å². The molecule has 0 fully saturated rings. The lowest BCUT2D eigenvalue weighted by atomic mass is 9.95. The van der Waals surface area contributed by atoms with Crippen LogP contribution in [0.25, 0.3) is 11.1 Å². The quantitative estimate of drug-likeness (QED) is 0.447. The first-order chi connectivity index (χ1) is 16.6. The molecule has 0 spiro atoms. The van der Waals surface area contributed by atoms with E-state index in [4.69, 9.17) is 15.2 Å². The van der Waals surface area contributed by atoms with Crippen molar-refractivity contribution < 1.29 is 19.1 Å². The fourth-order valence-electron chi connectivity index (χ4n) is 4.11. The third-order valence-electron chi connectivity index (χ3n) is 5.81. The van der Waals surface area contributed by atoms with Crippen LogP contribution < -0.4 is 15.2 Å². The highest BCUT2D eigenvalue weighted by Crippen LogP contribution is 2.44. The summed E-state index contributed by atoms with van der Waals surface area (Å²) in [6.07, 6.45) is 3.27. The normalized spacial score (nSPS) is 13.5. The maximum atomic E-state index is 12.6. The number of fused-ring (bicyclic) bond motifs is 1. The van der Waals surface area contributed by atoms with Gasteiger partial charge in [-0.05, 0) is 53.1 Å². The molecule has 0 radical (unpaired) electrons. The summed E-state index contributed by atoms with van der Waals surface area (Å²) in [5.41, 5.74) is 9.74. The number of benzene rings is 3. The topological polar surface area (TPSA) is 91.5 Å². The first-order valence-corrected chi connectivity index (χ1v) is 11.0. The van der Waals surface area contributed by atoms with Gasteiger partial charge in [0, 0.05) is 24.4 Å². The second kappa shape index (κ2) is 9.19. The molecule has 168 valence electrons. The van der Waals surface area contributed by atoms with Crippen molar-refractivity contribution in [3.8, 4) is 22.6 Å². The summed E-state index contributed by atoms with van der Waals surface area (Å²) < 4.78 is 12.6. The molecule has 1 aromatic heterocycles. The highest BCUT2D eigenvalue weighted by atomic mass is 16.5. The second-order valence-electron chi connectivity index (χ2n) is 7.97. The van der Waals surface area contributed by atoms with Gasteiger partial charge in [-0.2, -0.15) is 0 Å². The standard InChI is InChI=1S/C28H22N2O4/c29-28(32)21-8-6-19(7-9-21)26(20-12-15-30-16-13-20)34-24-11-10-22-23(31)14-17-33-27(22)25(24)18-4-2-1-3-5-18/h1-13,15-16,26H,14,17H2,(H2,29,32). The lowest BCUT2D eigenvalue weighted by Gasteiger charge is -2.26. The highest BCUT2D eigenvalue weighted by Gasteiger charge is 2.27. The average Bonchev–Trinajstić information content (AvgIpc) is 2.88. The molecule has 0 aliphatic carbocycles. The molecule has 0 saturated carbocycles. The molecule has 4 aromatic rings. The van der Waals surface area contributed by atoms with Gasteiger partial charge >= 0.3 is 0 Å². The van der Waals surface area contributed by atoms with Gasteiger partial charge in [0.2, 0.25) is 5.91 Å². The van der Waals surface area contributed by atoms with E-state index >= 15 is 0 Å². The summed E-state index contributed by atoms with van der Waals surface area (Å²) in [4.78, 5) is 28.2. The third kappa shape index (κ3) is 4.13. The van der Waals surface area contributed by atoms with Crippen molar-refractivity contribution in [1.29, 1.82) is 0 Å². The van der Waals surface area contributed by atoms with Crippen molar-refractivity contribution in [3.63, 3.8) is 0 Å². The number of ether oxygens (including phenoxy) is 2. The molecule has 2 heterocycles. The predicted molar refractivity (Wildman–Crippen MR) is 128 cm³/mol. The fourth-order valence-corrected chi connectivity index (χ4v) is 4.11. The second-order valence-corrected chi connectivity index (χ2v) is 7.97. The summed E-state index contributed by atoms with van der Waals surface area (Å²) in [6.45, 7) is 0.331. The lowest BCUT2D eigenvalue weighted by Crippen LogP contribution is -2.17. The van der Waals surface area contributed by atoms with Gasteiger partial charge in [0.15, 0.2) is 5.78 Å². The number of primary amides is 1. The van der Waals surface area contributed by atoms with Crippen LogP contribution in [0, 0.1) is 0 Å². The van der Waals surface area contributed by atoms with E-state index in [0.29, 0.717) is 35.7 Å². The largest absolute Gasteiger partial charge is 0.492 e. The minimum absolute atomic E-state index is 0.0534. The van der Waals surface area contributed by atoms with Crippen LogP contribution in [0.4, 0.5) is 0 Å². The first kappa shape index (κ1) is 21.4. The molecule has 1 amide bonds. The third-order valence-corrected chi connectivity index (χ3v) is 5.81. The van der Waals surface area contributed by atoms with Gasteiger partial charge in [-0.3, -0.25) is 14.6 Å². The molecule has 2 N–H and O–H groups in total. The molecule has 1 atom stereocenters. The van der Waals surface area contributed by atoms with E-state index in [0.717, 1.165) is 22.3 Å². The number of hydrogen-bond acceptors (Lipinski definition) is 5. The Morgan fingerprint density at radius 1 is 0.912 bits per heavy atom. The van der Waals surface area contributed by atoms with Crippen molar-refractivity contribution >= 4 is 11.7 Å². The molecule has 1 aliphatic rings. The van der Waals surface area contributed by atoms with Crippen LogP contribution in [0.2, 0.25) is 0 Å². The maximum Gasteiger partial charge on any atom is 0.248 e. The van der Waals surface area contributed by atoms with Crippen molar-refractivity contribution in [2.24, 2.45) is 5.73 Å². The first-order valence-electron chi connectivity index (χ1n) is 11.0.